The molecule has 0 amide bonds. The highest BCUT2D eigenvalue weighted by Crippen LogP contribution is 2.47. The number of thioether (sulfide) groups is 1. The standard InChI is InChI=1S/C26H34N6O9S/c1-9-37-19(36)10-27-17-11-32(23-20(17)22(28-13-31(6)7)29-25(30-23)42-8)24-26(5,41-16(4)35)21(39-15(3)34)18(40-24)12-38-14(2)33/h10-11,13,18,21,24H,9,12H2,1-8H3/t18-,21-,24?,26?/m1/s1. The summed E-state index contributed by atoms with van der Waals surface area (Å²) in [6.07, 6.45) is 2.49. The lowest BCUT2D eigenvalue weighted by Gasteiger charge is -2.34. The van der Waals surface area contributed by atoms with Crippen LogP contribution in [-0.4, -0.2) is 107 Å². The van der Waals surface area contributed by atoms with Gasteiger partial charge in [-0.15, -0.1) is 0 Å². The van der Waals surface area contributed by atoms with Crippen LogP contribution < -0.4 is 0 Å². The molecule has 1 fully saturated rings. The smallest absolute Gasteiger partial charge is 0.349 e. The van der Waals surface area contributed by atoms with Crippen molar-refractivity contribution in [1.29, 1.82) is 0 Å². The lowest BCUT2D eigenvalue weighted by atomic mass is 9.95. The first-order valence-corrected chi connectivity index (χ1v) is 14.1. The molecule has 228 valence electrons. The number of carbonyl (C=O) groups is 4. The average Bonchev–Trinajstić information content (AvgIpc) is 3.38. The fourth-order valence-electron chi connectivity index (χ4n) is 4.36. The van der Waals surface area contributed by atoms with Crippen molar-refractivity contribution < 1.29 is 42.9 Å². The molecule has 2 unspecified atom stereocenters. The van der Waals surface area contributed by atoms with Crippen LogP contribution in [0.4, 0.5) is 11.5 Å². The number of carbonyl (C=O) groups excluding carboxylic acids is 4. The number of aliphatic imine (C=N–C) groups is 2. The number of ether oxygens (including phenoxy) is 5. The molecule has 0 bridgehead atoms. The first kappa shape index (κ1) is 32.5. The van der Waals surface area contributed by atoms with E-state index in [4.69, 9.17) is 23.7 Å². The molecule has 1 saturated heterocycles. The number of hydrogen-bond donors (Lipinski definition) is 0. The van der Waals surface area contributed by atoms with Crippen molar-refractivity contribution in [3.05, 3.63) is 6.20 Å². The molecule has 0 saturated carbocycles. The third kappa shape index (κ3) is 7.42. The molecule has 3 heterocycles. The highest BCUT2D eigenvalue weighted by atomic mass is 32.2. The second-order valence-corrected chi connectivity index (χ2v) is 10.3. The molecular weight excluding hydrogens is 572 g/mol. The molecule has 1 aliphatic heterocycles. The summed E-state index contributed by atoms with van der Waals surface area (Å²) in [6, 6.07) is 0. The number of rotatable bonds is 11. The number of nitrogens with zero attached hydrogens (tertiary/aromatic N) is 6. The third-order valence-electron chi connectivity index (χ3n) is 5.86. The molecule has 2 aromatic rings. The fraction of sp³-hybridized carbons (Fsp3) is 0.538. The van der Waals surface area contributed by atoms with Crippen LogP contribution in [0.25, 0.3) is 11.0 Å². The largest absolute Gasteiger partial charge is 0.463 e. The van der Waals surface area contributed by atoms with Gasteiger partial charge in [0.15, 0.2) is 34.6 Å². The van der Waals surface area contributed by atoms with Crippen LogP contribution in [-0.2, 0) is 42.9 Å². The van der Waals surface area contributed by atoms with Gasteiger partial charge in [0.1, 0.15) is 18.9 Å². The molecule has 1 aliphatic rings. The Morgan fingerprint density at radius 3 is 2.40 bits per heavy atom. The van der Waals surface area contributed by atoms with Gasteiger partial charge < -0.3 is 28.6 Å². The average molecular weight is 607 g/mol. The molecule has 0 aliphatic carbocycles. The Morgan fingerprint density at radius 2 is 1.83 bits per heavy atom. The van der Waals surface area contributed by atoms with Crippen molar-refractivity contribution >= 4 is 70.7 Å². The predicted molar refractivity (Wildman–Crippen MR) is 152 cm³/mol. The van der Waals surface area contributed by atoms with E-state index in [-0.39, 0.29) is 30.4 Å². The molecular formula is C26H34N6O9S. The number of esters is 4. The van der Waals surface area contributed by atoms with Crippen molar-refractivity contribution in [2.45, 2.75) is 63.8 Å². The van der Waals surface area contributed by atoms with E-state index in [2.05, 4.69) is 20.0 Å². The topological polar surface area (TPSA) is 173 Å². The lowest BCUT2D eigenvalue weighted by Crippen LogP contribution is -2.50. The van der Waals surface area contributed by atoms with Crippen molar-refractivity contribution in [2.24, 2.45) is 9.98 Å². The zero-order chi connectivity index (χ0) is 31.2. The van der Waals surface area contributed by atoms with Crippen LogP contribution in [0.3, 0.4) is 0 Å². The van der Waals surface area contributed by atoms with Crippen molar-refractivity contribution in [1.82, 2.24) is 19.4 Å². The Hall–Kier alpha value is -4.05. The highest BCUT2D eigenvalue weighted by Gasteiger charge is 2.60. The molecule has 15 nitrogen and oxygen atoms in total. The van der Waals surface area contributed by atoms with Gasteiger partial charge in [-0.3, -0.25) is 19.0 Å². The van der Waals surface area contributed by atoms with Crippen LogP contribution in [0.5, 0.6) is 0 Å². The summed E-state index contributed by atoms with van der Waals surface area (Å²) in [6.45, 7) is 6.70. The number of aromatic nitrogens is 3. The van der Waals surface area contributed by atoms with Gasteiger partial charge in [0.25, 0.3) is 0 Å². The van der Waals surface area contributed by atoms with E-state index in [0.717, 1.165) is 6.21 Å². The summed E-state index contributed by atoms with van der Waals surface area (Å²) in [5.41, 5.74) is -1.12. The predicted octanol–water partition coefficient (Wildman–Crippen LogP) is 2.35. The van der Waals surface area contributed by atoms with E-state index in [1.165, 1.54) is 50.2 Å². The van der Waals surface area contributed by atoms with Crippen molar-refractivity contribution in [2.75, 3.05) is 33.6 Å². The zero-order valence-corrected chi connectivity index (χ0v) is 25.5. The monoisotopic (exact) mass is 606 g/mol. The first-order chi connectivity index (χ1) is 19.8. The Kier molecular flexibility index (Phi) is 10.6. The zero-order valence-electron chi connectivity index (χ0n) is 24.6. The molecule has 0 spiro atoms. The number of fused-ring (bicyclic) bond motifs is 1. The fourth-order valence-corrected chi connectivity index (χ4v) is 4.72. The maximum atomic E-state index is 12.4. The second kappa shape index (κ2) is 13.7. The van der Waals surface area contributed by atoms with Gasteiger partial charge in [0, 0.05) is 41.1 Å². The van der Waals surface area contributed by atoms with E-state index < -0.39 is 47.9 Å². The summed E-state index contributed by atoms with van der Waals surface area (Å²) in [4.78, 5) is 68.0. The summed E-state index contributed by atoms with van der Waals surface area (Å²) >= 11 is 1.26. The van der Waals surface area contributed by atoms with Crippen LogP contribution in [0.15, 0.2) is 21.3 Å². The summed E-state index contributed by atoms with van der Waals surface area (Å²) < 4.78 is 29.3. The molecule has 3 rings (SSSR count). The minimum absolute atomic E-state index is 0.156. The Labute approximate surface area is 246 Å². The van der Waals surface area contributed by atoms with Crippen molar-refractivity contribution in [3.8, 4) is 0 Å². The van der Waals surface area contributed by atoms with E-state index >= 15 is 0 Å². The quantitative estimate of drug-likeness (QED) is 0.0912. The molecule has 42 heavy (non-hydrogen) atoms. The molecule has 0 N–H and O–H groups in total. The molecule has 0 aromatic carbocycles. The van der Waals surface area contributed by atoms with Gasteiger partial charge in [-0.1, -0.05) is 11.8 Å². The lowest BCUT2D eigenvalue weighted by molar-refractivity contribution is -0.184. The van der Waals surface area contributed by atoms with Gasteiger partial charge >= 0.3 is 23.9 Å². The van der Waals surface area contributed by atoms with Gasteiger partial charge in [0.05, 0.1) is 24.0 Å². The van der Waals surface area contributed by atoms with Crippen LogP contribution in [0.1, 0.15) is 40.8 Å². The molecule has 2 aromatic heterocycles. The van der Waals surface area contributed by atoms with E-state index in [0.29, 0.717) is 10.5 Å². The van der Waals surface area contributed by atoms with Gasteiger partial charge in [-0.2, -0.15) is 0 Å². The van der Waals surface area contributed by atoms with Crippen LogP contribution >= 0.6 is 11.8 Å². The Bertz CT molecular complexity index is 1410. The minimum atomic E-state index is -1.63. The maximum absolute atomic E-state index is 12.4. The third-order valence-corrected chi connectivity index (χ3v) is 6.41. The SMILES string of the molecule is CCOC(=O)C=Nc1cn(C2O[C@H](COC(C)=O)[C@@H](OC(C)=O)C2(C)OC(C)=O)c2nc(SC)nc(N=CN(C)C)c12. The van der Waals surface area contributed by atoms with Gasteiger partial charge in [0.2, 0.25) is 0 Å². The Balaban J connectivity index is 2.33. The van der Waals surface area contributed by atoms with Crippen LogP contribution in [0, 0.1) is 0 Å². The molecule has 4 atom stereocenters. The summed E-state index contributed by atoms with van der Waals surface area (Å²) in [5, 5.41) is 0.710. The normalized spacial score (nSPS) is 22.0. The summed E-state index contributed by atoms with van der Waals surface area (Å²) in [5.74, 6) is -2.35. The van der Waals surface area contributed by atoms with Crippen LogP contribution in [0.2, 0.25) is 0 Å². The number of hydrogen-bond acceptors (Lipinski definition) is 14. The van der Waals surface area contributed by atoms with Gasteiger partial charge in [-0.25, -0.2) is 24.7 Å². The second-order valence-electron chi connectivity index (χ2n) is 9.51. The minimum Gasteiger partial charge on any atom is -0.463 e. The van der Waals surface area contributed by atoms with E-state index in [1.807, 2.05) is 0 Å². The van der Waals surface area contributed by atoms with Gasteiger partial charge in [-0.05, 0) is 20.1 Å². The van der Waals surface area contributed by atoms with E-state index in [9.17, 15) is 19.2 Å². The maximum Gasteiger partial charge on any atom is 0.349 e. The highest BCUT2D eigenvalue weighted by molar-refractivity contribution is 7.98. The molecule has 16 heteroatoms. The Morgan fingerprint density at radius 1 is 1.12 bits per heavy atom. The molecule has 0 radical (unpaired) electrons. The first-order valence-electron chi connectivity index (χ1n) is 12.8. The van der Waals surface area contributed by atoms with E-state index in [1.54, 1.807) is 38.5 Å². The summed E-state index contributed by atoms with van der Waals surface area (Å²) in [7, 11) is 3.58. The van der Waals surface area contributed by atoms with Crippen molar-refractivity contribution in [3.63, 3.8) is 0 Å².